The van der Waals surface area contributed by atoms with Gasteiger partial charge in [-0.3, -0.25) is 0 Å². The zero-order valence-electron chi connectivity index (χ0n) is 16.7. The fourth-order valence-electron chi connectivity index (χ4n) is 3.91. The summed E-state index contributed by atoms with van der Waals surface area (Å²) in [4.78, 5) is 4.76. The number of ether oxygens (including phenoxy) is 3. The van der Waals surface area contributed by atoms with Crippen molar-refractivity contribution < 1.29 is 19.3 Å². The minimum Gasteiger partial charge on any atom is -0.481 e. The van der Waals surface area contributed by atoms with Crippen molar-refractivity contribution in [2.45, 2.75) is 18.5 Å². The lowest BCUT2D eigenvalue weighted by Crippen LogP contribution is -2.45. The van der Waals surface area contributed by atoms with Crippen LogP contribution >= 0.6 is 0 Å². The van der Waals surface area contributed by atoms with Crippen molar-refractivity contribution in [1.29, 1.82) is 0 Å². The summed E-state index contributed by atoms with van der Waals surface area (Å²) < 4.78 is 19.5. The van der Waals surface area contributed by atoms with Crippen LogP contribution in [0.2, 0.25) is 0 Å². The average molecular weight is 402 g/mol. The van der Waals surface area contributed by atoms with Gasteiger partial charge in [-0.1, -0.05) is 30.3 Å². The highest BCUT2D eigenvalue weighted by Crippen LogP contribution is 2.39. The summed E-state index contributed by atoms with van der Waals surface area (Å²) in [6, 6.07) is 23.0. The Morgan fingerprint density at radius 1 is 1.00 bits per heavy atom. The monoisotopic (exact) mass is 402 g/mol. The van der Waals surface area contributed by atoms with Gasteiger partial charge in [-0.25, -0.2) is 4.98 Å². The van der Waals surface area contributed by atoms with E-state index in [4.69, 9.17) is 19.2 Å². The normalized spacial score (nSPS) is 20.6. The van der Waals surface area contributed by atoms with Gasteiger partial charge in [-0.15, -0.1) is 0 Å². The van der Waals surface area contributed by atoms with E-state index in [2.05, 4.69) is 0 Å². The Kier molecular flexibility index (Phi) is 4.65. The number of nitrogens with zero attached hydrogens (tertiary/aromatic N) is 2. The molecular weight excluding hydrogens is 380 g/mol. The number of aromatic nitrogens is 2. The molecule has 0 radical (unpaired) electrons. The molecule has 1 aromatic heterocycles. The smallest absolute Gasteiger partial charge is 0.239 e. The molecule has 1 aliphatic heterocycles. The molecule has 3 aromatic carbocycles. The van der Waals surface area contributed by atoms with Crippen molar-refractivity contribution >= 4 is 11.0 Å². The largest absolute Gasteiger partial charge is 0.481 e. The highest BCUT2D eigenvalue weighted by molar-refractivity contribution is 5.80. The molecule has 0 fully saturated rings. The molecule has 1 aliphatic rings. The van der Waals surface area contributed by atoms with Crippen molar-refractivity contribution in [2.75, 3.05) is 7.11 Å². The summed E-state index contributed by atoms with van der Waals surface area (Å²) in [7, 11) is 3.52. The van der Waals surface area contributed by atoms with Crippen molar-refractivity contribution in [1.82, 2.24) is 9.55 Å². The maximum absolute atomic E-state index is 11.2. The highest BCUT2D eigenvalue weighted by atomic mass is 16.7. The lowest BCUT2D eigenvalue weighted by atomic mass is 9.97. The second-order valence-corrected chi connectivity index (χ2v) is 7.30. The predicted molar refractivity (Wildman–Crippen MR) is 113 cm³/mol. The number of aryl methyl sites for hydroxylation is 1. The van der Waals surface area contributed by atoms with Gasteiger partial charge in [-0.2, -0.15) is 0 Å². The van der Waals surface area contributed by atoms with Crippen LogP contribution in [0.3, 0.4) is 0 Å². The maximum atomic E-state index is 11.2. The Morgan fingerprint density at radius 2 is 1.77 bits per heavy atom. The number of aliphatic hydroxyl groups is 1. The third-order valence-electron chi connectivity index (χ3n) is 5.44. The van der Waals surface area contributed by atoms with Crippen molar-refractivity contribution in [3.8, 4) is 22.9 Å². The first-order chi connectivity index (χ1) is 14.7. The van der Waals surface area contributed by atoms with Crippen LogP contribution in [-0.4, -0.2) is 34.2 Å². The summed E-state index contributed by atoms with van der Waals surface area (Å²) in [5.74, 6) is 2.03. The Labute approximate surface area is 174 Å². The lowest BCUT2D eigenvalue weighted by Gasteiger charge is -2.36. The van der Waals surface area contributed by atoms with Crippen LogP contribution in [-0.2, 0) is 11.8 Å². The number of para-hydroxylation sites is 3. The minimum atomic E-state index is -0.923. The summed E-state index contributed by atoms with van der Waals surface area (Å²) in [6.45, 7) is 0. The fourth-order valence-corrected chi connectivity index (χ4v) is 3.91. The van der Waals surface area contributed by atoms with Crippen molar-refractivity contribution in [3.05, 3.63) is 78.4 Å². The van der Waals surface area contributed by atoms with E-state index < -0.39 is 18.5 Å². The topological polar surface area (TPSA) is 65.7 Å². The van der Waals surface area contributed by atoms with Gasteiger partial charge in [0.1, 0.15) is 23.4 Å². The van der Waals surface area contributed by atoms with Gasteiger partial charge in [0, 0.05) is 25.3 Å². The van der Waals surface area contributed by atoms with Crippen LogP contribution in [0.25, 0.3) is 22.4 Å². The van der Waals surface area contributed by atoms with Crippen molar-refractivity contribution in [3.63, 3.8) is 0 Å². The Hall–Kier alpha value is -3.35. The number of fused-ring (bicyclic) bond motifs is 2. The molecule has 0 saturated carbocycles. The molecule has 0 spiro atoms. The molecule has 5 rings (SSSR count). The van der Waals surface area contributed by atoms with E-state index in [1.165, 1.54) is 7.11 Å². The van der Waals surface area contributed by atoms with E-state index >= 15 is 0 Å². The Balaban J connectivity index is 1.54. The number of methoxy groups -OCH3 is 1. The molecule has 4 aromatic rings. The summed E-state index contributed by atoms with van der Waals surface area (Å²) in [6.07, 6.45) is -2.36. The molecule has 0 amide bonds. The molecule has 152 valence electrons. The number of aliphatic hydroxyl groups excluding tert-OH is 1. The zero-order valence-corrected chi connectivity index (χ0v) is 16.7. The minimum absolute atomic E-state index is 0.574. The highest BCUT2D eigenvalue weighted by Gasteiger charge is 2.40. The van der Waals surface area contributed by atoms with Gasteiger partial charge in [0.2, 0.25) is 6.29 Å². The van der Waals surface area contributed by atoms with Gasteiger partial charge in [0.25, 0.3) is 0 Å². The first kappa shape index (κ1) is 18.7. The predicted octanol–water partition coefficient (Wildman–Crippen LogP) is 4.09. The summed E-state index contributed by atoms with van der Waals surface area (Å²) in [5, 5.41) is 11.2. The van der Waals surface area contributed by atoms with Gasteiger partial charge in [0.15, 0.2) is 6.10 Å². The number of benzene rings is 3. The van der Waals surface area contributed by atoms with E-state index in [1.807, 2.05) is 84.4 Å². The molecular formula is C24H22N2O4. The molecule has 1 N–H and O–H groups in total. The molecule has 6 nitrogen and oxygen atoms in total. The van der Waals surface area contributed by atoms with E-state index in [1.54, 1.807) is 0 Å². The van der Waals surface area contributed by atoms with Gasteiger partial charge in [-0.05, 0) is 42.5 Å². The lowest BCUT2D eigenvalue weighted by molar-refractivity contribution is -0.165. The van der Waals surface area contributed by atoms with E-state index in [-0.39, 0.29) is 0 Å². The van der Waals surface area contributed by atoms with Crippen LogP contribution < -0.4 is 9.47 Å². The van der Waals surface area contributed by atoms with Gasteiger partial charge < -0.3 is 23.9 Å². The van der Waals surface area contributed by atoms with E-state index in [9.17, 15) is 5.11 Å². The zero-order chi connectivity index (χ0) is 20.7. The third kappa shape index (κ3) is 3.10. The fraction of sp³-hybridized carbons (Fsp3) is 0.208. The number of hydrogen-bond donors (Lipinski definition) is 1. The average Bonchev–Trinajstić information content (AvgIpc) is 3.13. The first-order valence-electron chi connectivity index (χ1n) is 9.80. The number of hydrogen-bond acceptors (Lipinski definition) is 5. The Bertz CT molecular complexity index is 1190. The van der Waals surface area contributed by atoms with Crippen LogP contribution in [0.4, 0.5) is 0 Å². The van der Waals surface area contributed by atoms with E-state index in [0.717, 1.165) is 22.4 Å². The van der Waals surface area contributed by atoms with Crippen LogP contribution in [0, 0.1) is 0 Å². The van der Waals surface area contributed by atoms with E-state index in [0.29, 0.717) is 17.1 Å². The molecule has 0 bridgehead atoms. The van der Waals surface area contributed by atoms with Gasteiger partial charge in [0.05, 0.1) is 11.0 Å². The number of imidazole rings is 1. The van der Waals surface area contributed by atoms with Crippen LogP contribution in [0.5, 0.6) is 11.5 Å². The first-order valence-corrected chi connectivity index (χ1v) is 9.80. The quantitative estimate of drug-likeness (QED) is 0.557. The molecule has 6 heteroatoms. The molecule has 30 heavy (non-hydrogen) atoms. The Morgan fingerprint density at radius 3 is 2.53 bits per heavy atom. The standard InChI is InChI=1S/C24H22N2O4/c1-26-19-11-7-6-10-18(19)25-23(26)15-12-13-20-17(14-15)21(27)22(24(28-2)30-20)29-16-8-4-3-5-9-16/h3-14,21-22,24,27H,1-2H3. The number of rotatable bonds is 4. The maximum Gasteiger partial charge on any atom is 0.239 e. The summed E-state index contributed by atoms with van der Waals surface area (Å²) in [5.41, 5.74) is 3.51. The van der Waals surface area contributed by atoms with Crippen LogP contribution in [0.1, 0.15) is 11.7 Å². The third-order valence-corrected chi connectivity index (χ3v) is 5.44. The molecule has 2 heterocycles. The van der Waals surface area contributed by atoms with Crippen molar-refractivity contribution in [2.24, 2.45) is 7.05 Å². The molecule has 0 saturated heterocycles. The molecule has 0 aliphatic carbocycles. The van der Waals surface area contributed by atoms with Crippen LogP contribution in [0.15, 0.2) is 72.8 Å². The summed E-state index contributed by atoms with van der Waals surface area (Å²) >= 11 is 0. The molecule has 3 atom stereocenters. The second-order valence-electron chi connectivity index (χ2n) is 7.30. The SMILES string of the molecule is COC1Oc2ccc(-c3nc4ccccc4n3C)cc2C(O)C1Oc1ccccc1. The molecule has 3 unspecified atom stereocenters. The second kappa shape index (κ2) is 7.48. The van der Waals surface area contributed by atoms with Gasteiger partial charge >= 0.3 is 0 Å².